The van der Waals surface area contributed by atoms with Crippen LogP contribution >= 0.6 is 0 Å². The zero-order valence-electron chi connectivity index (χ0n) is 14.2. The van der Waals surface area contributed by atoms with E-state index in [0.29, 0.717) is 19.3 Å². The van der Waals surface area contributed by atoms with Crippen LogP contribution in [0, 0.1) is 0 Å². The average molecular weight is 321 g/mol. The van der Waals surface area contributed by atoms with Gasteiger partial charge < -0.3 is 18.9 Å². The lowest BCUT2D eigenvalue weighted by Gasteiger charge is -2.25. The number of hydrogen-bond donors (Lipinski definition) is 0. The summed E-state index contributed by atoms with van der Waals surface area (Å²) in [5.74, 6) is 2.47. The van der Waals surface area contributed by atoms with Crippen LogP contribution in [0.4, 0.5) is 0 Å². The van der Waals surface area contributed by atoms with Gasteiger partial charge >= 0.3 is 0 Å². The molecular weight excluding hydrogens is 294 g/mol. The van der Waals surface area contributed by atoms with Crippen molar-refractivity contribution in [1.29, 1.82) is 0 Å². The van der Waals surface area contributed by atoms with E-state index >= 15 is 0 Å². The number of methoxy groups -OCH3 is 1. The minimum atomic E-state index is 0.362. The summed E-state index contributed by atoms with van der Waals surface area (Å²) >= 11 is 0. The Morgan fingerprint density at radius 3 is 2.57 bits per heavy atom. The maximum Gasteiger partial charge on any atom is 0.164 e. The van der Waals surface area contributed by atoms with E-state index in [0.717, 1.165) is 61.9 Å². The number of ether oxygens (including phenoxy) is 4. The fourth-order valence-corrected chi connectivity index (χ4v) is 3.17. The molecule has 1 atom stereocenters. The standard InChI is InChI=1S/C18H27NO4/c1-3-19(13-15-6-4-7-21-15)12-14-10-17-18(11-16(14)20-2)23-9-5-8-22-17/h10-11,15H,3-9,12-13H2,1-2H3/t15-/m0/s1. The summed E-state index contributed by atoms with van der Waals surface area (Å²) in [4.78, 5) is 2.40. The van der Waals surface area contributed by atoms with Gasteiger partial charge in [-0.3, -0.25) is 4.90 Å². The topological polar surface area (TPSA) is 40.2 Å². The van der Waals surface area contributed by atoms with Crippen LogP contribution in [0.25, 0.3) is 0 Å². The molecule has 0 spiro atoms. The molecular formula is C18H27NO4. The molecule has 0 unspecified atom stereocenters. The van der Waals surface area contributed by atoms with Gasteiger partial charge in [0.1, 0.15) is 5.75 Å². The predicted molar refractivity (Wildman–Crippen MR) is 88.5 cm³/mol. The Bertz CT molecular complexity index is 514. The van der Waals surface area contributed by atoms with Crippen LogP contribution in [0.15, 0.2) is 12.1 Å². The molecule has 0 aromatic heterocycles. The van der Waals surface area contributed by atoms with Crippen molar-refractivity contribution in [2.75, 3.05) is 40.0 Å². The summed E-state index contributed by atoms with van der Waals surface area (Å²) in [6.45, 7) is 7.25. The summed E-state index contributed by atoms with van der Waals surface area (Å²) < 4.78 is 22.9. The van der Waals surface area contributed by atoms with E-state index in [1.54, 1.807) is 7.11 Å². The number of fused-ring (bicyclic) bond motifs is 1. The van der Waals surface area contributed by atoms with E-state index in [1.807, 2.05) is 6.07 Å². The molecule has 0 N–H and O–H groups in total. The second-order valence-electron chi connectivity index (χ2n) is 6.12. The Balaban J connectivity index is 1.75. The quantitative estimate of drug-likeness (QED) is 0.806. The van der Waals surface area contributed by atoms with Crippen LogP contribution in [-0.2, 0) is 11.3 Å². The molecule has 2 heterocycles. The van der Waals surface area contributed by atoms with Crippen molar-refractivity contribution in [2.24, 2.45) is 0 Å². The van der Waals surface area contributed by atoms with Crippen molar-refractivity contribution in [3.8, 4) is 17.2 Å². The van der Waals surface area contributed by atoms with Gasteiger partial charge in [0, 0.05) is 37.7 Å². The molecule has 23 heavy (non-hydrogen) atoms. The first-order valence-corrected chi connectivity index (χ1v) is 8.60. The van der Waals surface area contributed by atoms with Gasteiger partial charge in [0.15, 0.2) is 11.5 Å². The summed E-state index contributed by atoms with van der Waals surface area (Å²) in [5.41, 5.74) is 1.14. The highest BCUT2D eigenvalue weighted by Crippen LogP contribution is 2.37. The SMILES string of the molecule is CCN(Cc1cc2c(cc1OC)OCCCO2)C[C@@H]1CCCO1. The number of likely N-dealkylation sites (N-methyl/N-ethyl adjacent to an activating group) is 1. The third kappa shape index (κ3) is 4.09. The highest BCUT2D eigenvalue weighted by Gasteiger charge is 2.21. The highest BCUT2D eigenvalue weighted by molar-refractivity contribution is 5.51. The van der Waals surface area contributed by atoms with Crippen molar-refractivity contribution in [2.45, 2.75) is 38.8 Å². The van der Waals surface area contributed by atoms with Crippen molar-refractivity contribution in [1.82, 2.24) is 4.90 Å². The van der Waals surface area contributed by atoms with Gasteiger partial charge in [0.05, 0.1) is 26.4 Å². The second-order valence-corrected chi connectivity index (χ2v) is 6.12. The number of hydrogen-bond acceptors (Lipinski definition) is 5. The normalized spacial score (nSPS) is 20.6. The van der Waals surface area contributed by atoms with Gasteiger partial charge in [-0.15, -0.1) is 0 Å². The lowest BCUT2D eigenvalue weighted by atomic mass is 10.1. The first-order chi connectivity index (χ1) is 11.3. The molecule has 2 aliphatic heterocycles. The molecule has 1 saturated heterocycles. The zero-order valence-corrected chi connectivity index (χ0v) is 14.2. The van der Waals surface area contributed by atoms with Gasteiger partial charge in [0.2, 0.25) is 0 Å². The van der Waals surface area contributed by atoms with Crippen molar-refractivity contribution in [3.63, 3.8) is 0 Å². The van der Waals surface area contributed by atoms with E-state index in [4.69, 9.17) is 18.9 Å². The first kappa shape index (κ1) is 16.4. The van der Waals surface area contributed by atoms with Crippen LogP contribution in [0.1, 0.15) is 31.7 Å². The van der Waals surface area contributed by atoms with E-state index in [2.05, 4.69) is 17.9 Å². The lowest BCUT2D eigenvalue weighted by molar-refractivity contribution is 0.0722. The molecule has 0 saturated carbocycles. The summed E-state index contributed by atoms with van der Waals surface area (Å²) in [7, 11) is 1.71. The van der Waals surface area contributed by atoms with Crippen LogP contribution < -0.4 is 14.2 Å². The molecule has 128 valence electrons. The third-order valence-corrected chi connectivity index (χ3v) is 4.48. The fourth-order valence-electron chi connectivity index (χ4n) is 3.17. The number of nitrogens with zero attached hydrogens (tertiary/aromatic N) is 1. The smallest absolute Gasteiger partial charge is 0.164 e. The number of rotatable bonds is 6. The predicted octanol–water partition coefficient (Wildman–Crippen LogP) is 2.86. The minimum Gasteiger partial charge on any atom is -0.496 e. The Hall–Kier alpha value is -1.46. The molecule has 2 aliphatic rings. The largest absolute Gasteiger partial charge is 0.496 e. The molecule has 0 amide bonds. The molecule has 0 radical (unpaired) electrons. The molecule has 1 fully saturated rings. The van der Waals surface area contributed by atoms with Gasteiger partial charge in [0.25, 0.3) is 0 Å². The maximum atomic E-state index is 5.81. The summed E-state index contributed by atoms with van der Waals surface area (Å²) in [5, 5.41) is 0. The van der Waals surface area contributed by atoms with E-state index < -0.39 is 0 Å². The van der Waals surface area contributed by atoms with Crippen molar-refractivity contribution < 1.29 is 18.9 Å². The maximum absolute atomic E-state index is 5.81. The molecule has 0 aliphatic carbocycles. The Morgan fingerprint density at radius 1 is 1.13 bits per heavy atom. The van der Waals surface area contributed by atoms with Gasteiger partial charge in [-0.25, -0.2) is 0 Å². The van der Waals surface area contributed by atoms with Crippen LogP contribution in [0.3, 0.4) is 0 Å². The van der Waals surface area contributed by atoms with Crippen molar-refractivity contribution >= 4 is 0 Å². The third-order valence-electron chi connectivity index (χ3n) is 4.48. The van der Waals surface area contributed by atoms with Gasteiger partial charge in [-0.2, -0.15) is 0 Å². The first-order valence-electron chi connectivity index (χ1n) is 8.60. The summed E-state index contributed by atoms with van der Waals surface area (Å²) in [6.07, 6.45) is 3.61. The van der Waals surface area contributed by atoms with Crippen LogP contribution in [0.2, 0.25) is 0 Å². The second kappa shape index (κ2) is 7.88. The summed E-state index contributed by atoms with van der Waals surface area (Å²) in [6, 6.07) is 4.02. The van der Waals surface area contributed by atoms with Crippen LogP contribution in [-0.4, -0.2) is 51.0 Å². The van der Waals surface area contributed by atoms with Crippen molar-refractivity contribution in [3.05, 3.63) is 17.7 Å². The molecule has 5 nitrogen and oxygen atoms in total. The Labute approximate surface area is 138 Å². The Kier molecular flexibility index (Phi) is 5.62. The average Bonchev–Trinajstić information content (AvgIpc) is 2.97. The molecule has 1 aromatic carbocycles. The van der Waals surface area contributed by atoms with E-state index in [-0.39, 0.29) is 0 Å². The zero-order chi connectivity index (χ0) is 16.1. The van der Waals surface area contributed by atoms with Gasteiger partial charge in [-0.05, 0) is 25.5 Å². The highest BCUT2D eigenvalue weighted by atomic mass is 16.5. The van der Waals surface area contributed by atoms with Gasteiger partial charge in [-0.1, -0.05) is 6.92 Å². The Morgan fingerprint density at radius 2 is 1.91 bits per heavy atom. The fraction of sp³-hybridized carbons (Fsp3) is 0.667. The lowest BCUT2D eigenvalue weighted by Crippen LogP contribution is -2.31. The molecule has 0 bridgehead atoms. The minimum absolute atomic E-state index is 0.362. The van der Waals surface area contributed by atoms with E-state index in [1.165, 1.54) is 6.42 Å². The van der Waals surface area contributed by atoms with E-state index in [9.17, 15) is 0 Å². The van der Waals surface area contributed by atoms with Crippen LogP contribution in [0.5, 0.6) is 17.2 Å². The molecule has 3 rings (SSSR count). The number of benzene rings is 1. The molecule has 1 aromatic rings. The molecule has 5 heteroatoms. The monoisotopic (exact) mass is 321 g/mol.